The van der Waals surface area contributed by atoms with Crippen molar-refractivity contribution >= 4 is 23.5 Å². The van der Waals surface area contributed by atoms with Gasteiger partial charge in [-0.05, 0) is 44.7 Å². The van der Waals surface area contributed by atoms with E-state index in [0.717, 1.165) is 50.8 Å². The number of hydrogen-bond donors (Lipinski definition) is 2. The van der Waals surface area contributed by atoms with Crippen LogP contribution in [-0.2, 0) is 0 Å². The van der Waals surface area contributed by atoms with Crippen LogP contribution in [0.3, 0.4) is 0 Å². The van der Waals surface area contributed by atoms with Crippen molar-refractivity contribution in [3.8, 4) is 0 Å². The fourth-order valence-electron chi connectivity index (χ4n) is 5.36. The molecule has 1 saturated carbocycles. The van der Waals surface area contributed by atoms with Crippen molar-refractivity contribution < 1.29 is 0 Å². The van der Waals surface area contributed by atoms with Gasteiger partial charge in [0.2, 0.25) is 0 Å². The van der Waals surface area contributed by atoms with Gasteiger partial charge in [0.1, 0.15) is 5.82 Å². The van der Waals surface area contributed by atoms with Crippen LogP contribution < -0.4 is 15.5 Å². The molecule has 2 aliphatic heterocycles. The molecule has 0 amide bonds. The quantitative estimate of drug-likeness (QED) is 0.518. The minimum Gasteiger partial charge on any atom is -0.357 e. The molecule has 3 heterocycles. The van der Waals surface area contributed by atoms with Gasteiger partial charge in [0.25, 0.3) is 0 Å². The van der Waals surface area contributed by atoms with E-state index in [1.54, 1.807) is 0 Å². The van der Waals surface area contributed by atoms with Gasteiger partial charge in [-0.1, -0.05) is 25.3 Å². The molecular formula is C24H40N6S. The maximum absolute atomic E-state index is 5.18. The normalized spacial score (nSPS) is 23.5. The molecule has 172 valence electrons. The van der Waals surface area contributed by atoms with Crippen LogP contribution in [0.25, 0.3) is 0 Å². The largest absolute Gasteiger partial charge is 0.357 e. The molecular weight excluding hydrogens is 404 g/mol. The lowest BCUT2D eigenvalue weighted by Gasteiger charge is -2.47. The molecule has 1 aromatic rings. The summed E-state index contributed by atoms with van der Waals surface area (Å²) >= 11 is 2.11. The Morgan fingerprint density at radius 1 is 1.13 bits per heavy atom. The summed E-state index contributed by atoms with van der Waals surface area (Å²) in [6.45, 7) is 8.56. The van der Waals surface area contributed by atoms with E-state index in [1.807, 2.05) is 12.3 Å². The molecule has 4 rings (SSSR count). The van der Waals surface area contributed by atoms with Crippen molar-refractivity contribution in [2.45, 2.75) is 63.5 Å². The number of piperidine rings is 1. The van der Waals surface area contributed by atoms with Crippen molar-refractivity contribution in [3.63, 3.8) is 0 Å². The second-order valence-corrected chi connectivity index (χ2v) is 10.4. The number of aromatic nitrogens is 1. The Balaban J connectivity index is 1.36. The first-order valence-electron chi connectivity index (χ1n) is 12.3. The van der Waals surface area contributed by atoms with Crippen LogP contribution >= 0.6 is 11.8 Å². The Labute approximate surface area is 192 Å². The van der Waals surface area contributed by atoms with Crippen molar-refractivity contribution in [2.75, 3.05) is 55.7 Å². The summed E-state index contributed by atoms with van der Waals surface area (Å²) in [5.74, 6) is 4.66. The summed E-state index contributed by atoms with van der Waals surface area (Å²) in [5, 5.41) is 7.28. The number of pyridine rings is 1. The van der Waals surface area contributed by atoms with Gasteiger partial charge in [0.05, 0.1) is 6.54 Å². The number of hydrogen-bond acceptors (Lipinski definition) is 5. The molecule has 0 unspecified atom stereocenters. The zero-order chi connectivity index (χ0) is 21.4. The number of anilines is 1. The van der Waals surface area contributed by atoms with Gasteiger partial charge in [-0.15, -0.1) is 0 Å². The van der Waals surface area contributed by atoms with Crippen molar-refractivity contribution in [1.82, 2.24) is 20.5 Å². The first-order chi connectivity index (χ1) is 15.3. The summed E-state index contributed by atoms with van der Waals surface area (Å²) in [6.07, 6.45) is 10.8. The molecule has 0 atom stereocenters. The van der Waals surface area contributed by atoms with Gasteiger partial charge in [-0.3, -0.25) is 9.89 Å². The molecule has 6 nitrogen and oxygen atoms in total. The van der Waals surface area contributed by atoms with Gasteiger partial charge in [0, 0.05) is 62.0 Å². The van der Waals surface area contributed by atoms with Crippen LogP contribution in [0, 0.1) is 0 Å². The van der Waals surface area contributed by atoms with Crippen LogP contribution in [0.15, 0.2) is 29.4 Å². The average Bonchev–Trinajstić information content (AvgIpc) is 2.85. The monoisotopic (exact) mass is 444 g/mol. The highest BCUT2D eigenvalue weighted by atomic mass is 32.2. The Hall–Kier alpha value is -1.47. The Bertz CT molecular complexity index is 677. The summed E-state index contributed by atoms with van der Waals surface area (Å²) in [4.78, 5) is 14.9. The van der Waals surface area contributed by atoms with E-state index in [2.05, 4.69) is 56.2 Å². The first kappa shape index (κ1) is 22.7. The van der Waals surface area contributed by atoms with Crippen LogP contribution in [0.4, 0.5) is 5.82 Å². The molecule has 3 aliphatic rings. The van der Waals surface area contributed by atoms with Gasteiger partial charge < -0.3 is 15.5 Å². The van der Waals surface area contributed by atoms with Gasteiger partial charge in [0.15, 0.2) is 5.96 Å². The number of guanidine groups is 1. The van der Waals surface area contributed by atoms with Crippen LogP contribution in [0.2, 0.25) is 0 Å². The lowest BCUT2D eigenvalue weighted by molar-refractivity contribution is 0.0671. The first-order valence-corrected chi connectivity index (χ1v) is 13.5. The molecule has 7 heteroatoms. The molecule has 31 heavy (non-hydrogen) atoms. The molecule has 3 fully saturated rings. The zero-order valence-corrected chi connectivity index (χ0v) is 20.0. The van der Waals surface area contributed by atoms with Gasteiger partial charge in [-0.25, -0.2) is 4.98 Å². The maximum atomic E-state index is 5.18. The molecule has 2 N–H and O–H groups in total. The van der Waals surface area contributed by atoms with E-state index in [0.29, 0.717) is 6.04 Å². The summed E-state index contributed by atoms with van der Waals surface area (Å²) in [5.41, 5.74) is 0.282. The highest BCUT2D eigenvalue weighted by molar-refractivity contribution is 7.99. The molecule has 1 aliphatic carbocycles. The fraction of sp³-hybridized carbons (Fsp3) is 0.750. The molecule has 0 bridgehead atoms. The van der Waals surface area contributed by atoms with Crippen LogP contribution in [0.1, 0.15) is 51.9 Å². The van der Waals surface area contributed by atoms with Gasteiger partial charge in [-0.2, -0.15) is 11.8 Å². The predicted octanol–water partition coefficient (Wildman–Crippen LogP) is 3.36. The standard InChI is InChI=1S/C24H40N6S/c1-2-25-23(28-21-9-14-29(15-10-21)22-8-4-7-13-26-22)27-20-24(11-5-3-6-12-24)30-16-18-31-19-17-30/h4,7-8,13,21H,2-3,5-6,9-12,14-20H2,1H3,(H2,25,27,28). The van der Waals surface area contributed by atoms with E-state index in [1.165, 1.54) is 56.7 Å². The molecule has 0 radical (unpaired) electrons. The average molecular weight is 445 g/mol. The second-order valence-electron chi connectivity index (χ2n) is 9.17. The molecule has 0 aromatic carbocycles. The lowest BCUT2D eigenvalue weighted by atomic mass is 9.80. The van der Waals surface area contributed by atoms with Crippen molar-refractivity contribution in [1.29, 1.82) is 0 Å². The van der Waals surface area contributed by atoms with E-state index in [4.69, 9.17) is 4.99 Å². The topological polar surface area (TPSA) is 55.8 Å². The molecule has 0 spiro atoms. The number of nitrogens with one attached hydrogen (secondary N) is 2. The third-order valence-corrected chi connectivity index (χ3v) is 8.09. The zero-order valence-electron chi connectivity index (χ0n) is 19.2. The fourth-order valence-corrected chi connectivity index (χ4v) is 6.26. The smallest absolute Gasteiger partial charge is 0.191 e. The molecule has 2 saturated heterocycles. The number of rotatable bonds is 6. The minimum absolute atomic E-state index is 0.282. The number of thioether (sulfide) groups is 1. The highest BCUT2D eigenvalue weighted by Gasteiger charge is 2.38. The third kappa shape index (κ3) is 6.07. The minimum atomic E-state index is 0.282. The Morgan fingerprint density at radius 2 is 1.90 bits per heavy atom. The van der Waals surface area contributed by atoms with E-state index >= 15 is 0 Å². The van der Waals surface area contributed by atoms with Crippen LogP contribution in [0.5, 0.6) is 0 Å². The summed E-state index contributed by atoms with van der Waals surface area (Å²) < 4.78 is 0. The Morgan fingerprint density at radius 3 is 2.58 bits per heavy atom. The van der Waals surface area contributed by atoms with Crippen molar-refractivity contribution in [2.24, 2.45) is 4.99 Å². The second kappa shape index (κ2) is 11.4. The maximum Gasteiger partial charge on any atom is 0.191 e. The lowest BCUT2D eigenvalue weighted by Crippen LogP contribution is -2.56. The van der Waals surface area contributed by atoms with Crippen LogP contribution in [-0.4, -0.2) is 78.2 Å². The third-order valence-electron chi connectivity index (χ3n) is 7.15. The van der Waals surface area contributed by atoms with Crippen molar-refractivity contribution in [3.05, 3.63) is 24.4 Å². The summed E-state index contributed by atoms with van der Waals surface area (Å²) in [7, 11) is 0. The Kier molecular flexibility index (Phi) is 8.36. The SMILES string of the molecule is CCNC(=NCC1(N2CCSCC2)CCCCC1)NC1CCN(c2ccccn2)CC1. The van der Waals surface area contributed by atoms with E-state index < -0.39 is 0 Å². The molecule has 1 aromatic heterocycles. The predicted molar refractivity (Wildman–Crippen MR) is 133 cm³/mol. The van der Waals surface area contributed by atoms with Gasteiger partial charge >= 0.3 is 0 Å². The number of nitrogens with zero attached hydrogens (tertiary/aromatic N) is 4. The van der Waals surface area contributed by atoms with E-state index in [-0.39, 0.29) is 5.54 Å². The summed E-state index contributed by atoms with van der Waals surface area (Å²) in [6, 6.07) is 6.65. The number of aliphatic imine (C=N–C) groups is 1. The van der Waals surface area contributed by atoms with E-state index in [9.17, 15) is 0 Å². The highest BCUT2D eigenvalue weighted by Crippen LogP contribution is 2.35.